The van der Waals surface area contributed by atoms with Gasteiger partial charge >= 0.3 is 0 Å². The van der Waals surface area contributed by atoms with Gasteiger partial charge in [-0.2, -0.15) is 0 Å². The van der Waals surface area contributed by atoms with Crippen molar-refractivity contribution in [3.05, 3.63) is 246 Å². The van der Waals surface area contributed by atoms with Gasteiger partial charge in [0.2, 0.25) is 0 Å². The third-order valence-corrected chi connectivity index (χ3v) is 12.7. The summed E-state index contributed by atoms with van der Waals surface area (Å²) in [4.78, 5) is 0. The Labute approximate surface area is 332 Å². The normalized spacial score (nSPS) is 13.1. The van der Waals surface area contributed by atoms with E-state index in [0.29, 0.717) is 0 Å². The van der Waals surface area contributed by atoms with Crippen molar-refractivity contribution in [1.29, 1.82) is 0 Å². The van der Waals surface area contributed by atoms with Crippen molar-refractivity contribution in [3.8, 4) is 50.2 Å². The number of fused-ring (bicyclic) bond motifs is 13. The highest BCUT2D eigenvalue weighted by Gasteiger charge is 2.51. The number of para-hydroxylation sites is 2. The van der Waals surface area contributed by atoms with Gasteiger partial charge in [0.05, 0.1) is 16.4 Å². The van der Waals surface area contributed by atoms with E-state index < -0.39 is 0 Å². The van der Waals surface area contributed by atoms with Crippen molar-refractivity contribution >= 4 is 21.8 Å². The smallest absolute Gasteiger partial charge is 0.0725 e. The fourth-order valence-corrected chi connectivity index (χ4v) is 10.2. The summed E-state index contributed by atoms with van der Waals surface area (Å²) >= 11 is 0. The van der Waals surface area contributed by atoms with E-state index in [1.807, 2.05) is 0 Å². The highest BCUT2D eigenvalue weighted by Crippen LogP contribution is 2.62. The number of aromatic nitrogens is 1. The molecule has 0 aliphatic heterocycles. The minimum atomic E-state index is -0.308. The lowest BCUT2D eigenvalue weighted by Gasteiger charge is -2.30. The minimum Gasteiger partial charge on any atom is -0.309 e. The average molecular weight is 724 g/mol. The number of rotatable bonds is 5. The molecule has 1 heterocycles. The molecule has 1 heteroatoms. The van der Waals surface area contributed by atoms with Crippen molar-refractivity contribution in [1.82, 2.24) is 4.57 Å². The molecule has 1 aromatic heterocycles. The van der Waals surface area contributed by atoms with E-state index in [1.54, 1.807) is 0 Å². The van der Waals surface area contributed by atoms with Crippen LogP contribution in [0.25, 0.3) is 72.0 Å². The van der Waals surface area contributed by atoms with E-state index in [1.165, 1.54) is 105 Å². The Morgan fingerprint density at radius 3 is 1.44 bits per heavy atom. The van der Waals surface area contributed by atoms with Crippen LogP contribution in [0.15, 0.2) is 212 Å². The predicted molar refractivity (Wildman–Crippen MR) is 237 cm³/mol. The van der Waals surface area contributed by atoms with Crippen LogP contribution >= 0.6 is 0 Å². The van der Waals surface area contributed by atoms with Gasteiger partial charge in [0.1, 0.15) is 0 Å². The zero-order valence-electron chi connectivity index (χ0n) is 31.4. The van der Waals surface area contributed by atoms with Crippen molar-refractivity contribution in [2.24, 2.45) is 0 Å². The standard InChI is InChI=1S/C56H37N/c1-2-12-43(13-3-1)57-54-21-11-7-17-48(54)49-36-42(31-33-55(49)57)41-29-27-40(28-30-41)39-25-22-37(23-26-39)34-38-24-32-47-46-16-6-10-20-52(46)56(53(47)35-38)50-18-8-4-14-44(50)45-15-5-9-19-51(45)56/h1-33,35-36H,34H2. The maximum absolute atomic E-state index is 2.50. The molecule has 1 spiro atoms. The fourth-order valence-electron chi connectivity index (χ4n) is 10.2. The molecule has 57 heavy (non-hydrogen) atoms. The molecular weight excluding hydrogens is 687 g/mol. The lowest BCUT2D eigenvalue weighted by atomic mass is 9.70. The molecule has 0 unspecified atom stereocenters. The SMILES string of the molecule is c1ccc(-n2c3ccccc3c3cc(-c4ccc(-c5ccc(Cc6ccc7c(c6)C6(c8ccccc8-c8ccccc86)c6ccccc6-7)cc5)cc4)ccc32)cc1. The second-order valence-corrected chi connectivity index (χ2v) is 15.6. The first-order valence-electron chi connectivity index (χ1n) is 20.0. The van der Waals surface area contributed by atoms with Gasteiger partial charge in [0.15, 0.2) is 0 Å². The zero-order valence-corrected chi connectivity index (χ0v) is 31.4. The molecule has 0 atom stereocenters. The van der Waals surface area contributed by atoms with Gasteiger partial charge in [0, 0.05) is 16.5 Å². The Hall–Kier alpha value is -7.22. The van der Waals surface area contributed by atoms with Crippen molar-refractivity contribution in [3.63, 3.8) is 0 Å². The number of nitrogens with zero attached hydrogens (tertiary/aromatic N) is 1. The molecule has 0 N–H and O–H groups in total. The van der Waals surface area contributed by atoms with E-state index >= 15 is 0 Å². The van der Waals surface area contributed by atoms with Crippen LogP contribution in [0.5, 0.6) is 0 Å². The third-order valence-electron chi connectivity index (χ3n) is 12.7. The van der Waals surface area contributed by atoms with Crippen LogP contribution < -0.4 is 0 Å². The fraction of sp³-hybridized carbons (Fsp3) is 0.0357. The Bertz CT molecular complexity index is 3120. The lowest BCUT2D eigenvalue weighted by Crippen LogP contribution is -2.26. The van der Waals surface area contributed by atoms with Crippen molar-refractivity contribution in [2.75, 3.05) is 0 Å². The van der Waals surface area contributed by atoms with Gasteiger partial charge in [-0.15, -0.1) is 0 Å². The van der Waals surface area contributed by atoms with Crippen molar-refractivity contribution < 1.29 is 0 Å². The van der Waals surface area contributed by atoms with Crippen LogP contribution in [0.3, 0.4) is 0 Å². The van der Waals surface area contributed by atoms with Gasteiger partial charge in [0.25, 0.3) is 0 Å². The quantitative estimate of drug-likeness (QED) is 0.167. The number of hydrogen-bond acceptors (Lipinski definition) is 0. The van der Waals surface area contributed by atoms with Gasteiger partial charge in [-0.05, 0) is 115 Å². The molecule has 0 saturated heterocycles. The summed E-state index contributed by atoms with van der Waals surface area (Å²) in [6, 6.07) is 78.8. The molecule has 0 bridgehead atoms. The van der Waals surface area contributed by atoms with E-state index in [4.69, 9.17) is 0 Å². The summed E-state index contributed by atoms with van der Waals surface area (Å²) in [5, 5.41) is 2.54. The van der Waals surface area contributed by atoms with Crippen molar-refractivity contribution in [2.45, 2.75) is 11.8 Å². The molecule has 0 amide bonds. The van der Waals surface area contributed by atoms with Crippen LogP contribution in [0.2, 0.25) is 0 Å². The predicted octanol–water partition coefficient (Wildman–Crippen LogP) is 14.1. The summed E-state index contributed by atoms with van der Waals surface area (Å²) in [5.41, 5.74) is 21.8. The molecule has 1 nitrogen and oxygen atoms in total. The zero-order chi connectivity index (χ0) is 37.5. The summed E-state index contributed by atoms with van der Waals surface area (Å²) in [7, 11) is 0. The highest BCUT2D eigenvalue weighted by molar-refractivity contribution is 6.10. The summed E-state index contributed by atoms with van der Waals surface area (Å²) in [6.45, 7) is 0. The second-order valence-electron chi connectivity index (χ2n) is 15.6. The molecule has 2 aliphatic carbocycles. The average Bonchev–Trinajstić information content (AvgIpc) is 3.88. The first-order valence-corrected chi connectivity index (χ1v) is 20.0. The van der Waals surface area contributed by atoms with Gasteiger partial charge in [-0.3, -0.25) is 0 Å². The maximum atomic E-state index is 2.50. The maximum Gasteiger partial charge on any atom is 0.0725 e. The number of benzene rings is 9. The Balaban J connectivity index is 0.849. The Morgan fingerprint density at radius 2 is 0.789 bits per heavy atom. The monoisotopic (exact) mass is 723 g/mol. The van der Waals surface area contributed by atoms with Crippen LogP contribution in [0.1, 0.15) is 33.4 Å². The van der Waals surface area contributed by atoms with E-state index in [0.717, 1.165) is 6.42 Å². The van der Waals surface area contributed by atoms with E-state index in [-0.39, 0.29) is 5.41 Å². The molecule has 0 radical (unpaired) electrons. The Morgan fingerprint density at radius 1 is 0.316 bits per heavy atom. The van der Waals surface area contributed by atoms with E-state index in [2.05, 4.69) is 217 Å². The largest absolute Gasteiger partial charge is 0.309 e. The molecule has 0 saturated carbocycles. The molecule has 12 rings (SSSR count). The first-order chi connectivity index (χ1) is 28.3. The van der Waals surface area contributed by atoms with Gasteiger partial charge in [-0.25, -0.2) is 0 Å². The third kappa shape index (κ3) is 4.70. The first kappa shape index (κ1) is 32.1. The second kappa shape index (κ2) is 12.4. The summed E-state index contributed by atoms with van der Waals surface area (Å²) in [5.74, 6) is 0. The minimum absolute atomic E-state index is 0.308. The summed E-state index contributed by atoms with van der Waals surface area (Å²) in [6.07, 6.45) is 0.880. The molecule has 9 aromatic carbocycles. The molecule has 0 fully saturated rings. The number of hydrogen-bond donors (Lipinski definition) is 0. The molecule has 266 valence electrons. The van der Waals surface area contributed by atoms with Crippen LogP contribution in [0.4, 0.5) is 0 Å². The molecular formula is C56H37N. The highest BCUT2D eigenvalue weighted by atomic mass is 15.0. The molecule has 10 aromatic rings. The van der Waals surface area contributed by atoms with Gasteiger partial charge < -0.3 is 4.57 Å². The van der Waals surface area contributed by atoms with Crippen LogP contribution in [-0.2, 0) is 11.8 Å². The molecule has 2 aliphatic rings. The lowest BCUT2D eigenvalue weighted by molar-refractivity contribution is 0.792. The Kier molecular flexibility index (Phi) is 6.97. The van der Waals surface area contributed by atoms with E-state index in [9.17, 15) is 0 Å². The topological polar surface area (TPSA) is 4.93 Å². The van der Waals surface area contributed by atoms with Crippen LogP contribution in [-0.4, -0.2) is 4.57 Å². The summed E-state index contributed by atoms with van der Waals surface area (Å²) < 4.78 is 2.37. The van der Waals surface area contributed by atoms with Crippen LogP contribution in [0, 0.1) is 0 Å². The van der Waals surface area contributed by atoms with Gasteiger partial charge in [-0.1, -0.05) is 182 Å².